The predicted octanol–water partition coefficient (Wildman–Crippen LogP) is 0.945. The van der Waals surface area contributed by atoms with E-state index >= 15 is 0 Å². The van der Waals surface area contributed by atoms with E-state index in [1.807, 2.05) is 0 Å². The first-order valence-corrected chi connectivity index (χ1v) is 10.2. The number of hydrogen-bond donors (Lipinski definition) is 2. The van der Waals surface area contributed by atoms with Crippen LogP contribution in [0.25, 0.3) is 0 Å². The summed E-state index contributed by atoms with van der Waals surface area (Å²) in [7, 11) is -2.56. The molecular weight excluding hydrogens is 388 g/mol. The molecule has 0 saturated carbocycles. The Morgan fingerprint density at radius 3 is 2.36 bits per heavy atom. The van der Waals surface area contributed by atoms with Crippen LogP contribution in [-0.2, 0) is 19.6 Å². The third-order valence-corrected chi connectivity index (χ3v) is 6.32. The number of amides is 1. The van der Waals surface area contributed by atoms with E-state index in [0.29, 0.717) is 0 Å². The fraction of sp³-hybridized carbons (Fsp3) is 0.556. The van der Waals surface area contributed by atoms with Crippen molar-refractivity contribution in [1.82, 2.24) is 9.62 Å². The van der Waals surface area contributed by atoms with Crippen LogP contribution in [0.2, 0.25) is 0 Å². The Bertz CT molecular complexity index is 840. The van der Waals surface area contributed by atoms with Crippen LogP contribution in [0.1, 0.15) is 31.1 Å². The van der Waals surface area contributed by atoms with Gasteiger partial charge in [-0.2, -0.15) is 4.31 Å². The van der Waals surface area contributed by atoms with E-state index in [-0.39, 0.29) is 42.5 Å². The third kappa shape index (κ3) is 4.81. The number of hydrogen-bond acceptors (Lipinski definition) is 6. The minimum Gasteiger partial charge on any atom is -0.495 e. The van der Waals surface area contributed by atoms with Gasteiger partial charge in [0.1, 0.15) is 16.7 Å². The van der Waals surface area contributed by atoms with Crippen molar-refractivity contribution >= 4 is 21.9 Å². The number of carboxylic acids is 1. The second-order valence-electron chi connectivity index (χ2n) is 7.49. The molecular formula is C18H26N2O7S. The van der Waals surface area contributed by atoms with Gasteiger partial charge in [0, 0.05) is 18.7 Å². The molecule has 28 heavy (non-hydrogen) atoms. The van der Waals surface area contributed by atoms with Crippen LogP contribution in [0, 0.1) is 5.41 Å². The predicted molar refractivity (Wildman–Crippen MR) is 101 cm³/mol. The number of aliphatic carboxylic acids is 1. The molecule has 1 aromatic carbocycles. The van der Waals surface area contributed by atoms with E-state index in [0.717, 1.165) is 0 Å². The Morgan fingerprint density at radius 2 is 1.86 bits per heavy atom. The van der Waals surface area contributed by atoms with Crippen molar-refractivity contribution in [1.29, 1.82) is 0 Å². The molecule has 1 saturated heterocycles. The average molecular weight is 414 g/mol. The minimum atomic E-state index is -3.90. The molecule has 1 atom stereocenters. The second-order valence-corrected chi connectivity index (χ2v) is 9.40. The summed E-state index contributed by atoms with van der Waals surface area (Å²) in [6.07, 6.45) is 0. The second kappa shape index (κ2) is 8.46. The van der Waals surface area contributed by atoms with Crippen LogP contribution in [0.5, 0.6) is 5.75 Å². The highest BCUT2D eigenvalue weighted by Crippen LogP contribution is 2.29. The van der Waals surface area contributed by atoms with Gasteiger partial charge in [-0.1, -0.05) is 20.8 Å². The molecule has 0 aromatic heterocycles. The zero-order valence-corrected chi connectivity index (χ0v) is 17.2. The van der Waals surface area contributed by atoms with Crippen LogP contribution in [0.3, 0.4) is 0 Å². The molecule has 0 aliphatic carbocycles. The molecule has 0 unspecified atom stereocenters. The SMILES string of the molecule is COc1ccc(C(=O)N[C@H](C(=O)O)C(C)(C)C)cc1S(=O)(=O)N1CCOCC1. The van der Waals surface area contributed by atoms with Crippen molar-refractivity contribution in [3.63, 3.8) is 0 Å². The first kappa shape index (κ1) is 22.1. The summed E-state index contributed by atoms with van der Waals surface area (Å²) in [6.45, 7) is 6.04. The van der Waals surface area contributed by atoms with Crippen molar-refractivity contribution in [2.45, 2.75) is 31.7 Å². The quantitative estimate of drug-likeness (QED) is 0.710. The number of carboxylic acid groups (broad SMARTS) is 1. The fourth-order valence-corrected chi connectivity index (χ4v) is 4.40. The number of carbonyl (C=O) groups is 2. The normalized spacial score (nSPS) is 17.0. The van der Waals surface area contributed by atoms with Crippen LogP contribution in [0.4, 0.5) is 0 Å². The summed E-state index contributed by atoms with van der Waals surface area (Å²) in [6, 6.07) is 2.85. The number of morpholine rings is 1. The van der Waals surface area contributed by atoms with Gasteiger partial charge < -0.3 is 19.9 Å². The monoisotopic (exact) mass is 414 g/mol. The van der Waals surface area contributed by atoms with Crippen molar-refractivity contribution in [2.24, 2.45) is 5.41 Å². The van der Waals surface area contributed by atoms with E-state index in [1.54, 1.807) is 20.8 Å². The number of nitrogens with zero attached hydrogens (tertiary/aromatic N) is 1. The summed E-state index contributed by atoms with van der Waals surface area (Å²) >= 11 is 0. The lowest BCUT2D eigenvalue weighted by Gasteiger charge is -2.28. The standard InChI is InChI=1S/C18H26N2O7S/c1-18(2,3)15(17(22)23)19-16(21)12-5-6-13(26-4)14(11-12)28(24,25)20-7-9-27-10-8-20/h5-6,11,15H,7-10H2,1-4H3,(H,19,21)(H,22,23)/t15-/m1/s1. The summed E-state index contributed by atoms with van der Waals surface area (Å²) < 4.78 is 37.6. The van der Waals surface area contributed by atoms with Gasteiger partial charge in [0.2, 0.25) is 10.0 Å². The molecule has 0 spiro atoms. The lowest BCUT2D eigenvalue weighted by Crippen LogP contribution is -2.49. The molecule has 10 heteroatoms. The number of nitrogens with one attached hydrogen (secondary N) is 1. The average Bonchev–Trinajstić information content (AvgIpc) is 2.64. The molecule has 156 valence electrons. The number of ether oxygens (including phenoxy) is 2. The van der Waals surface area contributed by atoms with Crippen LogP contribution in [-0.4, -0.2) is 69.2 Å². The summed E-state index contributed by atoms with van der Waals surface area (Å²) in [5.74, 6) is -1.74. The van der Waals surface area contributed by atoms with Gasteiger partial charge in [0.05, 0.1) is 20.3 Å². The zero-order chi connectivity index (χ0) is 21.1. The summed E-state index contributed by atoms with van der Waals surface area (Å²) in [5.41, 5.74) is -0.695. The van der Waals surface area contributed by atoms with E-state index in [1.165, 1.54) is 29.6 Å². The Balaban J connectivity index is 2.38. The Morgan fingerprint density at radius 1 is 1.25 bits per heavy atom. The van der Waals surface area contributed by atoms with Crippen molar-refractivity contribution in [2.75, 3.05) is 33.4 Å². The van der Waals surface area contributed by atoms with Gasteiger partial charge in [0.15, 0.2) is 0 Å². The first-order chi connectivity index (χ1) is 13.0. The highest BCUT2D eigenvalue weighted by Gasteiger charge is 2.34. The molecule has 1 aliphatic rings. The largest absolute Gasteiger partial charge is 0.495 e. The third-order valence-electron chi connectivity index (χ3n) is 4.40. The molecule has 1 heterocycles. The Labute approximate surface area is 164 Å². The number of rotatable bonds is 6. The molecule has 1 amide bonds. The van der Waals surface area contributed by atoms with E-state index in [2.05, 4.69) is 5.32 Å². The van der Waals surface area contributed by atoms with E-state index in [4.69, 9.17) is 9.47 Å². The minimum absolute atomic E-state index is 0.0307. The van der Waals surface area contributed by atoms with Gasteiger partial charge in [-0.15, -0.1) is 0 Å². The lowest BCUT2D eigenvalue weighted by atomic mass is 9.86. The van der Waals surface area contributed by atoms with Crippen molar-refractivity contribution in [3.8, 4) is 5.75 Å². The number of benzene rings is 1. The first-order valence-electron chi connectivity index (χ1n) is 8.78. The van der Waals surface area contributed by atoms with Crippen molar-refractivity contribution in [3.05, 3.63) is 23.8 Å². The summed E-state index contributed by atoms with van der Waals surface area (Å²) in [5, 5.41) is 11.9. The zero-order valence-electron chi connectivity index (χ0n) is 16.4. The topological polar surface area (TPSA) is 122 Å². The Hall–Kier alpha value is -2.17. The maximum atomic E-state index is 13.0. The van der Waals surface area contributed by atoms with E-state index in [9.17, 15) is 23.1 Å². The maximum Gasteiger partial charge on any atom is 0.326 e. The van der Waals surface area contributed by atoms with Gasteiger partial charge in [-0.3, -0.25) is 4.79 Å². The van der Waals surface area contributed by atoms with Gasteiger partial charge >= 0.3 is 5.97 Å². The molecule has 1 aromatic rings. The fourth-order valence-electron chi connectivity index (χ4n) is 2.81. The number of sulfonamides is 1. The number of carbonyl (C=O) groups excluding carboxylic acids is 1. The summed E-state index contributed by atoms with van der Waals surface area (Å²) in [4.78, 5) is 24.0. The Kier molecular flexibility index (Phi) is 6.68. The lowest BCUT2D eigenvalue weighted by molar-refractivity contribution is -0.142. The highest BCUT2D eigenvalue weighted by molar-refractivity contribution is 7.89. The molecule has 0 bridgehead atoms. The van der Waals surface area contributed by atoms with Crippen LogP contribution >= 0.6 is 0 Å². The van der Waals surface area contributed by atoms with Crippen molar-refractivity contribution < 1.29 is 32.6 Å². The molecule has 1 aliphatic heterocycles. The molecule has 0 radical (unpaired) electrons. The van der Waals surface area contributed by atoms with Gasteiger partial charge in [-0.25, -0.2) is 13.2 Å². The van der Waals surface area contributed by atoms with Crippen LogP contribution in [0.15, 0.2) is 23.1 Å². The smallest absolute Gasteiger partial charge is 0.326 e. The van der Waals surface area contributed by atoms with Crippen LogP contribution < -0.4 is 10.1 Å². The number of methoxy groups -OCH3 is 1. The van der Waals surface area contributed by atoms with Gasteiger partial charge in [0.25, 0.3) is 5.91 Å². The molecule has 2 rings (SSSR count). The molecule has 9 nitrogen and oxygen atoms in total. The highest BCUT2D eigenvalue weighted by atomic mass is 32.2. The molecule has 1 fully saturated rings. The molecule has 2 N–H and O–H groups in total. The van der Waals surface area contributed by atoms with E-state index < -0.39 is 33.4 Å². The van der Waals surface area contributed by atoms with Gasteiger partial charge in [-0.05, 0) is 23.6 Å². The maximum absolute atomic E-state index is 13.0.